The Labute approximate surface area is 126 Å². The molecule has 0 atom stereocenters. The number of hydrogen-bond donors (Lipinski definition) is 3. The molecule has 0 fully saturated rings. The molecule has 0 heterocycles. The van der Waals surface area contributed by atoms with Crippen LogP contribution in [-0.2, 0) is 0 Å². The Kier molecular flexibility index (Phi) is 14.1. The molecule has 0 saturated carbocycles. The van der Waals surface area contributed by atoms with Gasteiger partial charge in [0.2, 0.25) is 0 Å². The SMILES string of the molecule is CCCCCCCCCCCCCCCC[Si](O)(O)O. The van der Waals surface area contributed by atoms with Gasteiger partial charge in [0.25, 0.3) is 0 Å². The zero-order valence-corrected chi connectivity index (χ0v) is 14.4. The molecule has 0 bridgehead atoms. The Bertz CT molecular complexity index is 193. The van der Waals surface area contributed by atoms with Crippen LogP contribution in [0.5, 0.6) is 0 Å². The van der Waals surface area contributed by atoms with Gasteiger partial charge in [0.15, 0.2) is 0 Å². The van der Waals surface area contributed by atoms with Gasteiger partial charge in [0.1, 0.15) is 0 Å². The van der Waals surface area contributed by atoms with Crippen molar-refractivity contribution in [2.24, 2.45) is 0 Å². The molecule has 0 rings (SSSR count). The Morgan fingerprint density at radius 1 is 0.500 bits per heavy atom. The Morgan fingerprint density at radius 2 is 0.800 bits per heavy atom. The molecular weight excluding hydrogens is 268 g/mol. The highest BCUT2D eigenvalue weighted by atomic mass is 28.4. The van der Waals surface area contributed by atoms with Crippen molar-refractivity contribution < 1.29 is 14.4 Å². The van der Waals surface area contributed by atoms with E-state index in [9.17, 15) is 0 Å². The van der Waals surface area contributed by atoms with Crippen LogP contribution in [0.3, 0.4) is 0 Å². The molecule has 4 heteroatoms. The van der Waals surface area contributed by atoms with Crippen molar-refractivity contribution in [1.82, 2.24) is 0 Å². The van der Waals surface area contributed by atoms with Crippen LogP contribution < -0.4 is 0 Å². The van der Waals surface area contributed by atoms with Crippen LogP contribution in [-0.4, -0.2) is 23.2 Å². The second kappa shape index (κ2) is 14.1. The van der Waals surface area contributed by atoms with Gasteiger partial charge in [-0.1, -0.05) is 90.4 Å². The third kappa shape index (κ3) is 18.1. The van der Waals surface area contributed by atoms with Gasteiger partial charge in [0, 0.05) is 6.04 Å². The normalized spacial score (nSPS) is 12.0. The molecule has 0 radical (unpaired) electrons. The first-order chi connectivity index (χ1) is 9.56. The van der Waals surface area contributed by atoms with Crippen molar-refractivity contribution >= 4 is 8.80 Å². The van der Waals surface area contributed by atoms with Crippen LogP contribution in [0.25, 0.3) is 0 Å². The third-order valence-corrected chi connectivity index (χ3v) is 4.89. The molecule has 0 aliphatic carbocycles. The lowest BCUT2D eigenvalue weighted by Crippen LogP contribution is -2.33. The lowest BCUT2D eigenvalue weighted by atomic mass is 10.0. The van der Waals surface area contributed by atoms with E-state index >= 15 is 0 Å². The Balaban J connectivity index is 2.99. The van der Waals surface area contributed by atoms with Crippen LogP contribution in [0.1, 0.15) is 96.8 Å². The maximum absolute atomic E-state index is 8.86. The molecular formula is C16H36O3Si. The van der Waals surface area contributed by atoms with E-state index in [0.717, 1.165) is 19.3 Å². The average Bonchev–Trinajstić information content (AvgIpc) is 2.38. The molecule has 0 saturated heterocycles. The van der Waals surface area contributed by atoms with E-state index in [4.69, 9.17) is 14.4 Å². The smallest absolute Gasteiger partial charge is 0.390 e. The minimum absolute atomic E-state index is 0.199. The van der Waals surface area contributed by atoms with Crippen LogP contribution >= 0.6 is 0 Å². The number of hydrogen-bond acceptors (Lipinski definition) is 3. The summed E-state index contributed by atoms with van der Waals surface area (Å²) in [6.07, 6.45) is 17.9. The lowest BCUT2D eigenvalue weighted by molar-refractivity contribution is 0.226. The van der Waals surface area contributed by atoms with E-state index in [2.05, 4.69) is 6.92 Å². The highest BCUT2D eigenvalue weighted by Crippen LogP contribution is 2.14. The molecule has 122 valence electrons. The van der Waals surface area contributed by atoms with Crippen molar-refractivity contribution in [2.75, 3.05) is 0 Å². The van der Waals surface area contributed by atoms with E-state index in [1.807, 2.05) is 0 Å². The van der Waals surface area contributed by atoms with Crippen LogP contribution in [0.2, 0.25) is 6.04 Å². The van der Waals surface area contributed by atoms with Crippen molar-refractivity contribution in [1.29, 1.82) is 0 Å². The van der Waals surface area contributed by atoms with Gasteiger partial charge in [-0.25, -0.2) is 0 Å². The molecule has 0 aromatic heterocycles. The van der Waals surface area contributed by atoms with E-state index in [-0.39, 0.29) is 6.04 Å². The summed E-state index contributed by atoms with van der Waals surface area (Å²) in [4.78, 5) is 26.6. The second-order valence-corrected chi connectivity index (χ2v) is 8.17. The Morgan fingerprint density at radius 3 is 1.10 bits per heavy atom. The quantitative estimate of drug-likeness (QED) is 0.311. The molecule has 0 spiro atoms. The van der Waals surface area contributed by atoms with Gasteiger partial charge in [-0.3, -0.25) is 0 Å². The summed E-state index contributed by atoms with van der Waals surface area (Å²) in [6.45, 7) is 2.26. The molecule has 0 aliphatic rings. The molecule has 0 unspecified atom stereocenters. The van der Waals surface area contributed by atoms with Crippen LogP contribution in [0.15, 0.2) is 0 Å². The van der Waals surface area contributed by atoms with Gasteiger partial charge in [-0.2, -0.15) is 0 Å². The predicted molar refractivity (Wildman–Crippen MR) is 87.5 cm³/mol. The first-order valence-electron chi connectivity index (χ1n) is 8.73. The monoisotopic (exact) mass is 304 g/mol. The van der Waals surface area contributed by atoms with Gasteiger partial charge in [-0.05, 0) is 6.42 Å². The fourth-order valence-corrected chi connectivity index (χ4v) is 3.28. The highest BCUT2D eigenvalue weighted by Gasteiger charge is 2.25. The van der Waals surface area contributed by atoms with Crippen molar-refractivity contribution in [3.63, 3.8) is 0 Å². The van der Waals surface area contributed by atoms with E-state index < -0.39 is 8.80 Å². The van der Waals surface area contributed by atoms with Crippen LogP contribution in [0.4, 0.5) is 0 Å². The molecule has 3 N–H and O–H groups in total. The fraction of sp³-hybridized carbons (Fsp3) is 1.00. The Hall–Kier alpha value is 0.0969. The molecule has 20 heavy (non-hydrogen) atoms. The first-order valence-corrected chi connectivity index (χ1v) is 10.8. The van der Waals surface area contributed by atoms with Gasteiger partial charge >= 0.3 is 8.80 Å². The fourth-order valence-electron chi connectivity index (χ4n) is 2.56. The molecule has 3 nitrogen and oxygen atoms in total. The maximum Gasteiger partial charge on any atom is 0.492 e. The minimum Gasteiger partial charge on any atom is -0.390 e. The minimum atomic E-state index is -3.76. The van der Waals surface area contributed by atoms with E-state index in [0.29, 0.717) is 0 Å². The number of unbranched alkanes of at least 4 members (excludes halogenated alkanes) is 13. The maximum atomic E-state index is 8.86. The molecule has 0 aromatic rings. The van der Waals surface area contributed by atoms with Crippen molar-refractivity contribution in [2.45, 2.75) is 103 Å². The van der Waals surface area contributed by atoms with Crippen molar-refractivity contribution in [3.05, 3.63) is 0 Å². The average molecular weight is 305 g/mol. The van der Waals surface area contributed by atoms with Gasteiger partial charge in [0.05, 0.1) is 0 Å². The predicted octanol–water partition coefficient (Wildman–Crippen LogP) is 4.38. The zero-order chi connectivity index (χ0) is 15.1. The summed E-state index contributed by atoms with van der Waals surface area (Å²) >= 11 is 0. The van der Waals surface area contributed by atoms with Crippen LogP contribution in [0, 0.1) is 0 Å². The van der Waals surface area contributed by atoms with E-state index in [1.54, 1.807) is 0 Å². The summed E-state index contributed by atoms with van der Waals surface area (Å²) in [7, 11) is -3.76. The summed E-state index contributed by atoms with van der Waals surface area (Å²) in [6, 6.07) is 0.199. The largest absolute Gasteiger partial charge is 0.492 e. The summed E-state index contributed by atoms with van der Waals surface area (Å²) in [5.74, 6) is 0. The molecule has 0 aromatic carbocycles. The van der Waals surface area contributed by atoms with Crippen molar-refractivity contribution in [3.8, 4) is 0 Å². The second-order valence-electron chi connectivity index (χ2n) is 6.12. The zero-order valence-electron chi connectivity index (χ0n) is 13.4. The summed E-state index contributed by atoms with van der Waals surface area (Å²) < 4.78 is 0. The summed E-state index contributed by atoms with van der Waals surface area (Å²) in [5.41, 5.74) is 0. The first kappa shape index (κ1) is 20.1. The number of rotatable bonds is 15. The third-order valence-electron chi connectivity index (χ3n) is 3.87. The van der Waals surface area contributed by atoms with Gasteiger partial charge < -0.3 is 14.4 Å². The molecule has 0 aliphatic heterocycles. The standard InChI is InChI=1S/C16H36O3Si/c1-2-3-4-5-6-7-8-9-10-11-12-13-14-15-16-20(17,18)19/h17-19H,2-16H2,1H3. The summed E-state index contributed by atoms with van der Waals surface area (Å²) in [5, 5.41) is 0. The lowest BCUT2D eigenvalue weighted by Gasteiger charge is -2.08. The topological polar surface area (TPSA) is 60.7 Å². The molecule has 0 amide bonds. The highest BCUT2D eigenvalue weighted by molar-refractivity contribution is 6.56. The van der Waals surface area contributed by atoms with Gasteiger partial charge in [-0.15, -0.1) is 0 Å². The van der Waals surface area contributed by atoms with E-state index in [1.165, 1.54) is 70.6 Å².